The molecule has 166 valence electrons. The molecule has 0 aliphatic rings. The van der Waals surface area contributed by atoms with Gasteiger partial charge in [0.25, 0.3) is 5.91 Å². The van der Waals surface area contributed by atoms with Crippen molar-refractivity contribution in [1.29, 1.82) is 0 Å². The molecule has 0 atom stereocenters. The number of benzene rings is 3. The molecule has 33 heavy (non-hydrogen) atoms. The molecule has 0 spiro atoms. The second kappa shape index (κ2) is 9.40. The van der Waals surface area contributed by atoms with Crippen molar-refractivity contribution in [2.75, 3.05) is 24.9 Å². The third-order valence-electron chi connectivity index (χ3n) is 5.11. The van der Waals surface area contributed by atoms with Crippen molar-refractivity contribution >= 4 is 34.1 Å². The highest BCUT2D eigenvalue weighted by Gasteiger charge is 2.16. The molecule has 1 heterocycles. The van der Waals surface area contributed by atoms with Gasteiger partial charge in [0.1, 0.15) is 11.5 Å². The lowest BCUT2D eigenvalue weighted by atomic mass is 10.0. The average molecular weight is 441 g/mol. The van der Waals surface area contributed by atoms with Crippen LogP contribution in [0.2, 0.25) is 0 Å². The molecular weight excluding hydrogens is 418 g/mol. The van der Waals surface area contributed by atoms with E-state index in [1.54, 1.807) is 31.4 Å². The van der Waals surface area contributed by atoms with Gasteiger partial charge in [0.05, 0.1) is 36.7 Å². The maximum atomic E-state index is 13.4. The molecular formula is C26H23N3O4. The zero-order valence-electron chi connectivity index (χ0n) is 18.5. The van der Waals surface area contributed by atoms with E-state index in [2.05, 4.69) is 10.6 Å². The number of amides is 2. The lowest BCUT2D eigenvalue weighted by Crippen LogP contribution is -2.14. The fourth-order valence-corrected chi connectivity index (χ4v) is 3.55. The first-order valence-corrected chi connectivity index (χ1v) is 10.3. The number of pyridine rings is 1. The van der Waals surface area contributed by atoms with Crippen LogP contribution in [-0.2, 0) is 4.79 Å². The molecule has 7 heteroatoms. The van der Waals surface area contributed by atoms with Gasteiger partial charge >= 0.3 is 0 Å². The number of carbonyl (C=O) groups excluding carboxylic acids is 2. The highest BCUT2D eigenvalue weighted by atomic mass is 16.5. The van der Waals surface area contributed by atoms with E-state index in [1.165, 1.54) is 14.0 Å². The van der Waals surface area contributed by atoms with Crippen molar-refractivity contribution in [2.24, 2.45) is 0 Å². The molecule has 0 aliphatic carbocycles. The minimum Gasteiger partial charge on any atom is -0.497 e. The van der Waals surface area contributed by atoms with Gasteiger partial charge in [0, 0.05) is 23.6 Å². The van der Waals surface area contributed by atoms with Gasteiger partial charge in [0.2, 0.25) is 5.91 Å². The summed E-state index contributed by atoms with van der Waals surface area (Å²) in [5.74, 6) is 0.693. The third-order valence-corrected chi connectivity index (χ3v) is 5.11. The largest absolute Gasteiger partial charge is 0.497 e. The molecule has 7 nitrogen and oxygen atoms in total. The Balaban J connectivity index is 1.75. The normalized spacial score (nSPS) is 10.5. The van der Waals surface area contributed by atoms with Crippen LogP contribution in [0.4, 0.5) is 11.4 Å². The van der Waals surface area contributed by atoms with Gasteiger partial charge < -0.3 is 20.1 Å². The van der Waals surface area contributed by atoms with Gasteiger partial charge in [-0.3, -0.25) is 9.59 Å². The highest BCUT2D eigenvalue weighted by molar-refractivity contribution is 6.13. The molecule has 2 N–H and O–H groups in total. The van der Waals surface area contributed by atoms with Gasteiger partial charge in [-0.2, -0.15) is 0 Å². The summed E-state index contributed by atoms with van der Waals surface area (Å²) in [5.41, 5.74) is 3.70. The number of para-hydroxylation sites is 1. The first kappa shape index (κ1) is 21.8. The lowest BCUT2D eigenvalue weighted by molar-refractivity contribution is -0.114. The van der Waals surface area contributed by atoms with Crippen LogP contribution in [0, 0.1) is 0 Å². The van der Waals surface area contributed by atoms with Gasteiger partial charge in [0.15, 0.2) is 0 Å². The smallest absolute Gasteiger partial charge is 0.256 e. The number of carbonyl (C=O) groups is 2. The summed E-state index contributed by atoms with van der Waals surface area (Å²) >= 11 is 0. The number of hydrogen-bond donors (Lipinski definition) is 2. The Morgan fingerprint density at radius 2 is 1.61 bits per heavy atom. The Morgan fingerprint density at radius 1 is 0.848 bits per heavy atom. The summed E-state index contributed by atoms with van der Waals surface area (Å²) in [5, 5.41) is 6.36. The number of nitrogens with one attached hydrogen (secondary N) is 2. The van der Waals surface area contributed by atoms with Crippen molar-refractivity contribution in [1.82, 2.24) is 4.98 Å². The molecule has 0 radical (unpaired) electrons. The van der Waals surface area contributed by atoms with Gasteiger partial charge in [-0.05, 0) is 54.6 Å². The Kier molecular flexibility index (Phi) is 6.22. The molecule has 2 amide bonds. The SMILES string of the molecule is COc1ccc(-c2cc(C(=O)Nc3cc(NC(C)=O)ccc3OC)c3ccccc3n2)cc1. The van der Waals surface area contributed by atoms with Crippen molar-refractivity contribution in [3.63, 3.8) is 0 Å². The van der Waals surface area contributed by atoms with E-state index >= 15 is 0 Å². The molecule has 0 saturated heterocycles. The Bertz CT molecular complexity index is 1330. The van der Waals surface area contributed by atoms with Crippen molar-refractivity contribution in [3.05, 3.63) is 78.4 Å². The van der Waals surface area contributed by atoms with Crippen molar-refractivity contribution < 1.29 is 19.1 Å². The number of nitrogens with zero attached hydrogens (tertiary/aromatic N) is 1. The van der Waals surface area contributed by atoms with Crippen molar-refractivity contribution in [3.8, 4) is 22.8 Å². The molecule has 4 rings (SSSR count). The van der Waals surface area contributed by atoms with E-state index in [4.69, 9.17) is 14.5 Å². The summed E-state index contributed by atoms with van der Waals surface area (Å²) in [6.07, 6.45) is 0. The van der Waals surface area contributed by atoms with Gasteiger partial charge in [-0.25, -0.2) is 4.98 Å². The van der Waals surface area contributed by atoms with Gasteiger partial charge in [-0.1, -0.05) is 18.2 Å². The van der Waals surface area contributed by atoms with Crippen LogP contribution >= 0.6 is 0 Å². The average Bonchev–Trinajstić information content (AvgIpc) is 2.83. The molecule has 4 aromatic rings. The monoisotopic (exact) mass is 441 g/mol. The molecule has 1 aromatic heterocycles. The zero-order valence-corrected chi connectivity index (χ0v) is 18.5. The predicted octanol–water partition coefficient (Wildman–Crippen LogP) is 5.13. The molecule has 0 saturated carbocycles. The quantitative estimate of drug-likeness (QED) is 0.433. The maximum absolute atomic E-state index is 13.4. The zero-order chi connectivity index (χ0) is 23.4. The summed E-state index contributed by atoms with van der Waals surface area (Å²) < 4.78 is 10.6. The minimum absolute atomic E-state index is 0.207. The molecule has 0 bridgehead atoms. The molecule has 0 aliphatic heterocycles. The summed E-state index contributed by atoms with van der Waals surface area (Å²) in [4.78, 5) is 29.6. The third kappa shape index (κ3) is 4.77. The topological polar surface area (TPSA) is 89.6 Å². The summed E-state index contributed by atoms with van der Waals surface area (Å²) in [6, 6.07) is 21.8. The fourth-order valence-electron chi connectivity index (χ4n) is 3.55. The van der Waals surface area contributed by atoms with Crippen LogP contribution in [0.3, 0.4) is 0 Å². The van der Waals surface area contributed by atoms with Crippen LogP contribution in [0.5, 0.6) is 11.5 Å². The van der Waals surface area contributed by atoms with Gasteiger partial charge in [-0.15, -0.1) is 0 Å². The van der Waals surface area contributed by atoms with Crippen LogP contribution in [0.25, 0.3) is 22.2 Å². The van der Waals surface area contributed by atoms with E-state index in [9.17, 15) is 9.59 Å². The van der Waals surface area contributed by atoms with E-state index in [0.717, 1.165) is 16.7 Å². The Labute approximate surface area is 191 Å². The standard InChI is InChI=1S/C26H23N3O4/c1-16(30)27-18-10-13-25(33-3)24(14-18)29-26(31)21-15-23(17-8-11-19(32-2)12-9-17)28-22-7-5-4-6-20(21)22/h4-15H,1-3H3,(H,27,30)(H,29,31). The molecule has 0 unspecified atom stereocenters. The first-order valence-electron chi connectivity index (χ1n) is 10.3. The lowest BCUT2D eigenvalue weighted by Gasteiger charge is -2.14. The van der Waals surface area contributed by atoms with E-state index < -0.39 is 0 Å². The van der Waals surface area contributed by atoms with E-state index in [-0.39, 0.29) is 11.8 Å². The molecule has 3 aromatic carbocycles. The van der Waals surface area contributed by atoms with E-state index in [0.29, 0.717) is 33.9 Å². The second-order valence-electron chi connectivity index (χ2n) is 7.35. The summed E-state index contributed by atoms with van der Waals surface area (Å²) in [7, 11) is 3.13. The van der Waals surface area contributed by atoms with Crippen LogP contribution in [-0.4, -0.2) is 31.0 Å². The number of aromatic nitrogens is 1. The Hall–Kier alpha value is -4.39. The number of rotatable bonds is 6. The second-order valence-corrected chi connectivity index (χ2v) is 7.35. The number of methoxy groups -OCH3 is 2. The predicted molar refractivity (Wildman–Crippen MR) is 129 cm³/mol. The summed E-state index contributed by atoms with van der Waals surface area (Å²) in [6.45, 7) is 1.42. The highest BCUT2D eigenvalue weighted by Crippen LogP contribution is 2.30. The van der Waals surface area contributed by atoms with Crippen LogP contribution < -0.4 is 20.1 Å². The number of ether oxygens (including phenoxy) is 2. The van der Waals surface area contributed by atoms with E-state index in [1.807, 2.05) is 48.5 Å². The van der Waals surface area contributed by atoms with Crippen molar-refractivity contribution in [2.45, 2.75) is 6.92 Å². The number of hydrogen-bond acceptors (Lipinski definition) is 5. The minimum atomic E-state index is -0.318. The number of anilines is 2. The van der Waals surface area contributed by atoms with Crippen LogP contribution in [0.1, 0.15) is 17.3 Å². The molecule has 0 fully saturated rings. The Morgan fingerprint density at radius 3 is 2.30 bits per heavy atom. The first-order chi connectivity index (χ1) is 16.0. The number of fused-ring (bicyclic) bond motifs is 1. The van der Waals surface area contributed by atoms with Crippen LogP contribution in [0.15, 0.2) is 72.8 Å². The fraction of sp³-hybridized carbons (Fsp3) is 0.115. The maximum Gasteiger partial charge on any atom is 0.256 e.